The highest BCUT2D eigenvalue weighted by Crippen LogP contribution is 2.26. The molecule has 27 heavy (non-hydrogen) atoms. The third-order valence-corrected chi connectivity index (χ3v) is 4.86. The summed E-state index contributed by atoms with van der Waals surface area (Å²) in [6, 6.07) is 11.4. The molecule has 2 heterocycles. The van der Waals surface area contributed by atoms with E-state index in [4.69, 9.17) is 4.74 Å². The van der Waals surface area contributed by atoms with Crippen molar-refractivity contribution in [3.05, 3.63) is 52.3 Å². The molecule has 2 aromatic carbocycles. The van der Waals surface area contributed by atoms with Crippen molar-refractivity contribution in [2.75, 3.05) is 38.2 Å². The van der Waals surface area contributed by atoms with Gasteiger partial charge in [0.1, 0.15) is 17.0 Å². The number of methoxy groups -OCH3 is 1. The van der Waals surface area contributed by atoms with E-state index in [-0.39, 0.29) is 12.2 Å². The van der Waals surface area contributed by atoms with Crippen molar-refractivity contribution in [3.63, 3.8) is 0 Å². The summed E-state index contributed by atoms with van der Waals surface area (Å²) in [6.45, 7) is 3.78. The number of hydrogen-bond donors (Lipinski definition) is 3. The van der Waals surface area contributed by atoms with Crippen molar-refractivity contribution in [2.24, 2.45) is 0 Å². The lowest BCUT2D eigenvalue weighted by atomic mass is 10.1. The minimum Gasteiger partial charge on any atom is -0.496 e. The fraction of sp³-hybridized carbons (Fsp3) is 0.300. The van der Waals surface area contributed by atoms with Crippen molar-refractivity contribution in [2.45, 2.75) is 6.61 Å². The molecule has 3 aromatic rings. The Morgan fingerprint density at radius 3 is 2.59 bits per heavy atom. The first-order valence-electron chi connectivity index (χ1n) is 8.97. The summed E-state index contributed by atoms with van der Waals surface area (Å²) in [5.41, 5.74) is 2.89. The van der Waals surface area contributed by atoms with E-state index in [1.165, 1.54) is 7.11 Å². The van der Waals surface area contributed by atoms with Crippen LogP contribution < -0.4 is 20.5 Å². The molecule has 140 valence electrons. The summed E-state index contributed by atoms with van der Waals surface area (Å²) in [4.78, 5) is 22.4. The summed E-state index contributed by atoms with van der Waals surface area (Å²) in [5, 5.41) is 13.2. The van der Waals surface area contributed by atoms with E-state index >= 15 is 0 Å². The van der Waals surface area contributed by atoms with Gasteiger partial charge in [-0.2, -0.15) is 0 Å². The molecule has 7 nitrogen and oxygen atoms in total. The summed E-state index contributed by atoms with van der Waals surface area (Å²) in [5.74, 6) is 0.905. The van der Waals surface area contributed by atoms with E-state index in [1.54, 1.807) is 12.1 Å². The number of fused-ring (bicyclic) bond motifs is 1. The third kappa shape index (κ3) is 3.39. The number of hydrogen-bond acceptors (Lipinski definition) is 6. The molecule has 0 bridgehead atoms. The number of piperazine rings is 1. The number of aliphatic hydroxyl groups is 1. The van der Waals surface area contributed by atoms with Crippen molar-refractivity contribution in [1.82, 2.24) is 15.3 Å². The van der Waals surface area contributed by atoms with E-state index in [0.717, 1.165) is 37.4 Å². The van der Waals surface area contributed by atoms with Crippen LogP contribution in [-0.2, 0) is 6.61 Å². The van der Waals surface area contributed by atoms with Gasteiger partial charge in [-0.3, -0.25) is 4.79 Å². The first-order chi connectivity index (χ1) is 13.2. The smallest absolute Gasteiger partial charge is 0.262 e. The van der Waals surface area contributed by atoms with Gasteiger partial charge in [0.05, 0.1) is 19.2 Å². The predicted octanol–water partition coefficient (Wildman–Crippen LogP) is 1.50. The second-order valence-corrected chi connectivity index (χ2v) is 6.55. The summed E-state index contributed by atoms with van der Waals surface area (Å²) < 4.78 is 5.30. The Balaban J connectivity index is 1.74. The molecular weight excluding hydrogens is 344 g/mol. The van der Waals surface area contributed by atoms with Crippen LogP contribution in [0.3, 0.4) is 0 Å². The zero-order chi connectivity index (χ0) is 18.8. The number of ether oxygens (including phenoxy) is 1. The Morgan fingerprint density at radius 1 is 1.19 bits per heavy atom. The van der Waals surface area contributed by atoms with Crippen molar-refractivity contribution >= 4 is 16.6 Å². The first kappa shape index (κ1) is 17.5. The maximum atomic E-state index is 12.6. The van der Waals surface area contributed by atoms with Crippen LogP contribution in [0.5, 0.6) is 5.75 Å². The highest BCUT2D eigenvalue weighted by molar-refractivity contribution is 5.86. The van der Waals surface area contributed by atoms with Gasteiger partial charge in [0.15, 0.2) is 0 Å². The SMILES string of the molecule is COc1cc(CO)cc2nc(-c3ccc(N4CCNCC4)cc3)[nH]c(=O)c12. The second kappa shape index (κ2) is 7.38. The van der Waals surface area contributed by atoms with E-state index in [2.05, 4.69) is 32.3 Å². The van der Waals surface area contributed by atoms with Crippen LogP contribution >= 0.6 is 0 Å². The Hall–Kier alpha value is -2.90. The predicted molar refractivity (Wildman–Crippen MR) is 105 cm³/mol. The number of anilines is 1. The van der Waals surface area contributed by atoms with Crippen molar-refractivity contribution in [3.8, 4) is 17.1 Å². The molecule has 1 saturated heterocycles. The molecule has 1 aliphatic heterocycles. The quantitative estimate of drug-likeness (QED) is 0.648. The molecule has 0 atom stereocenters. The van der Waals surface area contributed by atoms with Gasteiger partial charge in [0.2, 0.25) is 0 Å². The van der Waals surface area contributed by atoms with Crippen LogP contribution in [0.25, 0.3) is 22.3 Å². The number of aromatic nitrogens is 2. The normalized spacial score (nSPS) is 14.5. The minimum atomic E-state index is -0.262. The molecule has 1 aromatic heterocycles. The standard InChI is InChI=1S/C20H22N4O3/c1-27-17-11-13(12-25)10-16-18(17)20(26)23-19(22-16)14-2-4-15(5-3-14)24-8-6-21-7-9-24/h2-5,10-11,21,25H,6-9,12H2,1H3,(H,22,23,26). The molecule has 0 radical (unpaired) electrons. The molecule has 0 unspecified atom stereocenters. The van der Waals surface area contributed by atoms with Gasteiger partial charge < -0.3 is 25.0 Å². The molecule has 0 saturated carbocycles. The van der Waals surface area contributed by atoms with E-state index < -0.39 is 0 Å². The highest BCUT2D eigenvalue weighted by Gasteiger charge is 2.14. The van der Waals surface area contributed by atoms with Gasteiger partial charge in [-0.25, -0.2) is 4.98 Å². The fourth-order valence-electron chi connectivity index (χ4n) is 3.43. The molecule has 1 fully saturated rings. The van der Waals surface area contributed by atoms with Gasteiger partial charge >= 0.3 is 0 Å². The van der Waals surface area contributed by atoms with Crippen LogP contribution in [0.1, 0.15) is 5.56 Å². The van der Waals surface area contributed by atoms with E-state index in [9.17, 15) is 9.90 Å². The molecule has 7 heteroatoms. The molecule has 1 aliphatic rings. The molecule has 4 rings (SSSR count). The van der Waals surface area contributed by atoms with Crippen LogP contribution in [-0.4, -0.2) is 48.4 Å². The third-order valence-electron chi connectivity index (χ3n) is 4.86. The van der Waals surface area contributed by atoms with Crippen molar-refractivity contribution in [1.29, 1.82) is 0 Å². The number of nitrogens with one attached hydrogen (secondary N) is 2. The van der Waals surface area contributed by atoms with Crippen molar-refractivity contribution < 1.29 is 9.84 Å². The number of H-pyrrole nitrogens is 1. The largest absolute Gasteiger partial charge is 0.496 e. The van der Waals surface area contributed by atoms with Gasteiger partial charge in [-0.1, -0.05) is 0 Å². The van der Waals surface area contributed by atoms with E-state index in [0.29, 0.717) is 28.0 Å². The van der Waals surface area contributed by atoms with Crippen LogP contribution in [0.4, 0.5) is 5.69 Å². The average Bonchev–Trinajstić information content (AvgIpc) is 2.73. The van der Waals surface area contributed by atoms with Crippen LogP contribution in [0, 0.1) is 0 Å². The lowest BCUT2D eigenvalue weighted by Crippen LogP contribution is -2.43. The molecular formula is C20H22N4O3. The minimum absolute atomic E-state index is 0.143. The molecule has 0 amide bonds. The second-order valence-electron chi connectivity index (χ2n) is 6.55. The zero-order valence-corrected chi connectivity index (χ0v) is 15.2. The molecule has 0 aliphatic carbocycles. The van der Waals surface area contributed by atoms with Gasteiger partial charge in [-0.05, 0) is 42.0 Å². The highest BCUT2D eigenvalue weighted by atomic mass is 16.5. The Morgan fingerprint density at radius 2 is 1.93 bits per heavy atom. The zero-order valence-electron chi connectivity index (χ0n) is 15.2. The van der Waals surface area contributed by atoms with Gasteiger partial charge in [-0.15, -0.1) is 0 Å². The van der Waals surface area contributed by atoms with Crippen LogP contribution in [0.15, 0.2) is 41.2 Å². The number of benzene rings is 2. The maximum Gasteiger partial charge on any atom is 0.262 e. The number of rotatable bonds is 4. The van der Waals surface area contributed by atoms with E-state index in [1.807, 2.05) is 12.1 Å². The molecule has 3 N–H and O–H groups in total. The van der Waals surface area contributed by atoms with Gasteiger partial charge in [0, 0.05) is 37.4 Å². The summed E-state index contributed by atoms with van der Waals surface area (Å²) in [6.07, 6.45) is 0. The number of aromatic amines is 1. The lowest BCUT2D eigenvalue weighted by molar-refractivity contribution is 0.281. The lowest BCUT2D eigenvalue weighted by Gasteiger charge is -2.29. The maximum absolute atomic E-state index is 12.6. The average molecular weight is 366 g/mol. The summed E-state index contributed by atoms with van der Waals surface area (Å²) in [7, 11) is 1.50. The Bertz CT molecular complexity index is 1010. The molecule has 0 spiro atoms. The fourth-order valence-corrected chi connectivity index (χ4v) is 3.43. The first-order valence-corrected chi connectivity index (χ1v) is 8.97. The Kier molecular flexibility index (Phi) is 4.79. The Labute approximate surface area is 156 Å². The summed E-state index contributed by atoms with van der Waals surface area (Å²) >= 11 is 0. The number of nitrogens with zero attached hydrogens (tertiary/aromatic N) is 2. The monoisotopic (exact) mass is 366 g/mol. The van der Waals surface area contributed by atoms with Gasteiger partial charge in [0.25, 0.3) is 5.56 Å². The van der Waals surface area contributed by atoms with Crippen LogP contribution in [0.2, 0.25) is 0 Å². The topological polar surface area (TPSA) is 90.5 Å². The number of aliphatic hydroxyl groups excluding tert-OH is 1.